The van der Waals surface area contributed by atoms with Crippen LogP contribution in [0.25, 0.3) is 11.3 Å². The normalized spacial score (nSPS) is 11.0. The van der Waals surface area contributed by atoms with Crippen molar-refractivity contribution in [1.82, 2.24) is 4.98 Å². The van der Waals surface area contributed by atoms with Crippen LogP contribution in [0.5, 0.6) is 0 Å². The molecule has 1 N–H and O–H groups in total. The molecule has 0 unspecified atom stereocenters. The molecule has 3 nitrogen and oxygen atoms in total. The Labute approximate surface area is 134 Å². The van der Waals surface area contributed by atoms with Crippen LogP contribution in [0.3, 0.4) is 0 Å². The Bertz CT molecular complexity index is 791. The number of aromatic nitrogens is 1. The van der Waals surface area contributed by atoms with Gasteiger partial charge in [0.2, 0.25) is 5.13 Å². The number of thiazole rings is 1. The van der Waals surface area contributed by atoms with Crippen LogP contribution in [0.4, 0.5) is 5.13 Å². The van der Waals surface area contributed by atoms with Crippen LogP contribution < -0.4 is 5.43 Å². The Balaban J connectivity index is 1.69. The quantitative estimate of drug-likeness (QED) is 0.551. The van der Waals surface area contributed by atoms with Crippen LogP contribution in [-0.4, -0.2) is 11.2 Å². The minimum absolute atomic E-state index is 0.792. The van der Waals surface area contributed by atoms with E-state index >= 15 is 0 Å². The summed E-state index contributed by atoms with van der Waals surface area (Å²) in [7, 11) is 0. The molecule has 4 heteroatoms. The predicted molar refractivity (Wildman–Crippen MR) is 94.7 cm³/mol. The summed E-state index contributed by atoms with van der Waals surface area (Å²) in [6, 6.07) is 16.5. The summed E-state index contributed by atoms with van der Waals surface area (Å²) in [5, 5.41) is 7.11. The molecule has 3 rings (SSSR count). The summed E-state index contributed by atoms with van der Waals surface area (Å²) < 4.78 is 0. The maximum absolute atomic E-state index is 4.54. The smallest absolute Gasteiger partial charge is 0.203 e. The Hall–Kier alpha value is -2.46. The van der Waals surface area contributed by atoms with Crippen LogP contribution in [0.15, 0.2) is 59.0 Å². The monoisotopic (exact) mass is 307 g/mol. The fraction of sp³-hybridized carbons (Fsp3) is 0.111. The number of hydrogen-bond donors (Lipinski definition) is 1. The second kappa shape index (κ2) is 6.54. The molecule has 0 saturated heterocycles. The molecule has 0 fully saturated rings. The van der Waals surface area contributed by atoms with Crippen molar-refractivity contribution in [3.63, 3.8) is 0 Å². The molecule has 1 heterocycles. The molecule has 2 aromatic carbocycles. The van der Waals surface area contributed by atoms with Crippen LogP contribution in [-0.2, 0) is 0 Å². The lowest BCUT2D eigenvalue weighted by Crippen LogP contribution is -1.92. The first-order valence-corrected chi connectivity index (χ1v) is 7.97. The Kier molecular flexibility index (Phi) is 4.30. The largest absolute Gasteiger partial charge is 0.253 e. The minimum atomic E-state index is 0.792. The number of rotatable bonds is 4. The van der Waals surface area contributed by atoms with E-state index in [1.54, 1.807) is 11.3 Å². The van der Waals surface area contributed by atoms with Crippen LogP contribution in [0.1, 0.15) is 16.7 Å². The number of nitrogens with zero attached hydrogens (tertiary/aromatic N) is 2. The summed E-state index contributed by atoms with van der Waals surface area (Å²) in [5.41, 5.74) is 8.67. The van der Waals surface area contributed by atoms with E-state index in [-0.39, 0.29) is 0 Å². The molecule has 0 saturated carbocycles. The number of hydrazone groups is 1. The maximum atomic E-state index is 4.54. The molecule has 0 aliphatic carbocycles. The molecule has 0 aliphatic rings. The first kappa shape index (κ1) is 14.5. The number of hydrogen-bond acceptors (Lipinski definition) is 4. The van der Waals surface area contributed by atoms with Gasteiger partial charge in [0.25, 0.3) is 0 Å². The molecule has 3 aromatic rings. The zero-order valence-electron chi connectivity index (χ0n) is 12.6. The molecular formula is C18H17N3S. The summed E-state index contributed by atoms with van der Waals surface area (Å²) in [6.07, 6.45) is 1.83. The van der Waals surface area contributed by atoms with E-state index in [2.05, 4.69) is 59.7 Å². The van der Waals surface area contributed by atoms with Gasteiger partial charge in [-0.05, 0) is 25.0 Å². The van der Waals surface area contributed by atoms with E-state index in [1.807, 2.05) is 29.8 Å². The molecule has 110 valence electrons. The van der Waals surface area contributed by atoms with Crippen LogP contribution in [0.2, 0.25) is 0 Å². The van der Waals surface area contributed by atoms with E-state index in [9.17, 15) is 0 Å². The molecule has 22 heavy (non-hydrogen) atoms. The van der Waals surface area contributed by atoms with Crippen LogP contribution >= 0.6 is 11.3 Å². The maximum Gasteiger partial charge on any atom is 0.203 e. The summed E-state index contributed by atoms with van der Waals surface area (Å²) in [5.74, 6) is 0. The highest BCUT2D eigenvalue weighted by molar-refractivity contribution is 7.14. The highest BCUT2D eigenvalue weighted by atomic mass is 32.1. The van der Waals surface area contributed by atoms with Crippen molar-refractivity contribution in [2.75, 3.05) is 5.43 Å². The number of aryl methyl sites for hydroxylation is 2. The average molecular weight is 307 g/mol. The molecule has 0 amide bonds. The molecular weight excluding hydrogens is 290 g/mol. The van der Waals surface area contributed by atoms with Gasteiger partial charge in [0.15, 0.2) is 0 Å². The summed E-state index contributed by atoms with van der Waals surface area (Å²) in [6.45, 7) is 4.18. The van der Waals surface area contributed by atoms with Crippen molar-refractivity contribution in [1.29, 1.82) is 0 Å². The van der Waals surface area contributed by atoms with Gasteiger partial charge in [-0.1, -0.05) is 54.1 Å². The number of nitrogens with one attached hydrogen (secondary N) is 1. The lowest BCUT2D eigenvalue weighted by Gasteiger charge is -2.01. The van der Waals surface area contributed by atoms with Gasteiger partial charge in [-0.25, -0.2) is 4.98 Å². The molecule has 1 aromatic heterocycles. The minimum Gasteiger partial charge on any atom is -0.253 e. The van der Waals surface area contributed by atoms with Crippen molar-refractivity contribution < 1.29 is 0 Å². The van der Waals surface area contributed by atoms with Crippen molar-refractivity contribution in [2.45, 2.75) is 13.8 Å². The van der Waals surface area contributed by atoms with E-state index in [0.29, 0.717) is 0 Å². The standard InChI is InChI=1S/C18H17N3S/c1-13-8-9-16(14(2)10-13)11-19-21-18-20-17(12-22-18)15-6-4-3-5-7-15/h3-12H,1-2H3,(H,20,21). The Morgan fingerprint density at radius 2 is 1.91 bits per heavy atom. The van der Waals surface area contributed by atoms with Gasteiger partial charge in [0.1, 0.15) is 0 Å². The molecule has 0 radical (unpaired) electrons. The fourth-order valence-electron chi connectivity index (χ4n) is 2.19. The number of anilines is 1. The lowest BCUT2D eigenvalue weighted by atomic mass is 10.1. The molecule has 0 bridgehead atoms. The van der Waals surface area contributed by atoms with Crippen molar-refractivity contribution >= 4 is 22.7 Å². The van der Waals surface area contributed by atoms with Gasteiger partial charge in [0.05, 0.1) is 11.9 Å². The Morgan fingerprint density at radius 1 is 1.09 bits per heavy atom. The lowest BCUT2D eigenvalue weighted by molar-refractivity contribution is 1.28. The second-order valence-corrected chi connectivity index (χ2v) is 5.99. The van der Waals surface area contributed by atoms with Crippen LogP contribution in [0, 0.1) is 13.8 Å². The van der Waals surface area contributed by atoms with E-state index in [4.69, 9.17) is 0 Å². The third-order valence-corrected chi connectivity index (χ3v) is 4.11. The average Bonchev–Trinajstić information content (AvgIpc) is 2.99. The summed E-state index contributed by atoms with van der Waals surface area (Å²) in [4.78, 5) is 4.54. The first-order chi connectivity index (χ1) is 10.7. The van der Waals surface area contributed by atoms with Gasteiger partial charge in [-0.15, -0.1) is 11.3 Å². The van der Waals surface area contributed by atoms with Gasteiger partial charge in [-0.3, -0.25) is 5.43 Å². The van der Waals surface area contributed by atoms with Gasteiger partial charge >= 0.3 is 0 Å². The summed E-state index contributed by atoms with van der Waals surface area (Å²) >= 11 is 1.55. The van der Waals surface area contributed by atoms with Gasteiger partial charge < -0.3 is 0 Å². The van der Waals surface area contributed by atoms with E-state index in [1.165, 1.54) is 11.1 Å². The van der Waals surface area contributed by atoms with Crippen molar-refractivity contribution in [2.24, 2.45) is 5.10 Å². The van der Waals surface area contributed by atoms with Gasteiger partial charge in [-0.2, -0.15) is 5.10 Å². The van der Waals surface area contributed by atoms with Crippen molar-refractivity contribution in [3.05, 3.63) is 70.6 Å². The second-order valence-electron chi connectivity index (χ2n) is 5.13. The third-order valence-electron chi connectivity index (χ3n) is 3.36. The topological polar surface area (TPSA) is 37.3 Å². The molecule has 0 atom stereocenters. The van der Waals surface area contributed by atoms with Crippen molar-refractivity contribution in [3.8, 4) is 11.3 Å². The zero-order valence-corrected chi connectivity index (χ0v) is 13.4. The Morgan fingerprint density at radius 3 is 2.68 bits per heavy atom. The highest BCUT2D eigenvalue weighted by Crippen LogP contribution is 2.24. The first-order valence-electron chi connectivity index (χ1n) is 7.09. The van der Waals surface area contributed by atoms with E-state index in [0.717, 1.165) is 22.0 Å². The molecule has 0 aliphatic heterocycles. The number of benzene rings is 2. The van der Waals surface area contributed by atoms with Gasteiger partial charge in [0, 0.05) is 10.9 Å². The fourth-order valence-corrected chi connectivity index (χ4v) is 2.86. The zero-order chi connectivity index (χ0) is 15.4. The predicted octanol–water partition coefficient (Wildman–Crippen LogP) is 4.87. The highest BCUT2D eigenvalue weighted by Gasteiger charge is 2.02. The third kappa shape index (κ3) is 3.40. The SMILES string of the molecule is Cc1ccc(C=NNc2nc(-c3ccccc3)cs2)c(C)c1. The van der Waals surface area contributed by atoms with E-state index < -0.39 is 0 Å². The molecule has 0 spiro atoms.